The third-order valence-corrected chi connectivity index (χ3v) is 4.10. The van der Waals surface area contributed by atoms with E-state index in [1.165, 1.54) is 37.7 Å². The van der Waals surface area contributed by atoms with Gasteiger partial charge in [0, 0.05) is 18.2 Å². The van der Waals surface area contributed by atoms with Crippen molar-refractivity contribution in [3.05, 3.63) is 29.8 Å². The first-order chi connectivity index (χ1) is 8.45. The van der Waals surface area contributed by atoms with Crippen molar-refractivity contribution in [1.29, 1.82) is 0 Å². The summed E-state index contributed by atoms with van der Waals surface area (Å²) in [5.41, 5.74) is 1.37. The van der Waals surface area contributed by atoms with E-state index in [0.29, 0.717) is 6.04 Å². The van der Waals surface area contributed by atoms with Crippen molar-refractivity contribution in [2.24, 2.45) is 5.92 Å². The van der Waals surface area contributed by atoms with Gasteiger partial charge in [-0.3, -0.25) is 0 Å². The number of hydrogen-bond donors (Lipinski definition) is 1. The molecule has 0 spiro atoms. The topological polar surface area (TPSA) is 21.3 Å². The Hall–Kier alpha value is -1.02. The molecular formula is C15H21NO. The van der Waals surface area contributed by atoms with E-state index in [2.05, 4.69) is 29.6 Å². The molecule has 0 aromatic heterocycles. The van der Waals surface area contributed by atoms with Crippen LogP contribution >= 0.6 is 0 Å². The predicted molar refractivity (Wildman–Crippen MR) is 69.3 cm³/mol. The molecule has 1 fully saturated rings. The van der Waals surface area contributed by atoms with E-state index in [0.717, 1.165) is 24.8 Å². The quantitative estimate of drug-likeness (QED) is 0.800. The van der Waals surface area contributed by atoms with Crippen LogP contribution in [0.1, 0.15) is 43.7 Å². The van der Waals surface area contributed by atoms with E-state index in [1.807, 2.05) is 0 Å². The predicted octanol–water partition coefficient (Wildman–Crippen LogP) is 3.29. The lowest BCUT2D eigenvalue weighted by Crippen LogP contribution is -2.30. The van der Waals surface area contributed by atoms with E-state index < -0.39 is 0 Å². The van der Waals surface area contributed by atoms with Gasteiger partial charge in [0.1, 0.15) is 12.4 Å². The fourth-order valence-electron chi connectivity index (χ4n) is 3.24. The lowest BCUT2D eigenvalue weighted by atomic mass is 9.81. The Labute approximate surface area is 103 Å². The van der Waals surface area contributed by atoms with Crippen LogP contribution in [0.4, 0.5) is 0 Å². The monoisotopic (exact) mass is 231 g/mol. The number of fused-ring (bicyclic) bond motifs is 1. The van der Waals surface area contributed by atoms with E-state index in [-0.39, 0.29) is 0 Å². The summed E-state index contributed by atoms with van der Waals surface area (Å²) in [6.07, 6.45) is 6.94. The fourth-order valence-corrected chi connectivity index (χ4v) is 3.24. The number of rotatable bonds is 1. The highest BCUT2D eigenvalue weighted by molar-refractivity contribution is 5.37. The second-order valence-corrected chi connectivity index (χ2v) is 5.22. The van der Waals surface area contributed by atoms with Crippen molar-refractivity contribution in [2.75, 3.05) is 13.2 Å². The Morgan fingerprint density at radius 3 is 2.76 bits per heavy atom. The Kier molecular flexibility index (Phi) is 3.32. The van der Waals surface area contributed by atoms with Crippen LogP contribution in [0.2, 0.25) is 0 Å². The maximum Gasteiger partial charge on any atom is 0.124 e. The highest BCUT2D eigenvalue weighted by atomic mass is 16.5. The minimum absolute atomic E-state index is 0.508. The number of para-hydroxylation sites is 1. The maximum absolute atomic E-state index is 5.81. The SMILES string of the molecule is c1ccc2c(c1)OCCNC2C1CCCCC1. The smallest absolute Gasteiger partial charge is 0.124 e. The number of hydrogen-bond acceptors (Lipinski definition) is 2. The van der Waals surface area contributed by atoms with Gasteiger partial charge in [0.25, 0.3) is 0 Å². The summed E-state index contributed by atoms with van der Waals surface area (Å²) in [5.74, 6) is 1.89. The highest BCUT2D eigenvalue weighted by Crippen LogP contribution is 2.38. The zero-order chi connectivity index (χ0) is 11.5. The van der Waals surface area contributed by atoms with Crippen LogP contribution in [0.3, 0.4) is 0 Å². The summed E-state index contributed by atoms with van der Waals surface area (Å²) in [6.45, 7) is 1.76. The van der Waals surface area contributed by atoms with Gasteiger partial charge in [-0.1, -0.05) is 37.5 Å². The largest absolute Gasteiger partial charge is 0.492 e. The Morgan fingerprint density at radius 1 is 1.06 bits per heavy atom. The lowest BCUT2D eigenvalue weighted by Gasteiger charge is -2.30. The first kappa shape index (κ1) is 11.1. The van der Waals surface area contributed by atoms with Crippen molar-refractivity contribution in [1.82, 2.24) is 5.32 Å². The molecule has 0 bridgehead atoms. The third kappa shape index (κ3) is 2.32. The van der Waals surface area contributed by atoms with Crippen LogP contribution in [0.5, 0.6) is 5.75 Å². The molecule has 1 N–H and O–H groups in total. The van der Waals surface area contributed by atoms with Gasteiger partial charge in [-0.25, -0.2) is 0 Å². The molecule has 2 aliphatic rings. The molecular weight excluding hydrogens is 210 g/mol. The maximum atomic E-state index is 5.81. The summed E-state index contributed by atoms with van der Waals surface area (Å²) in [5, 5.41) is 3.68. The summed E-state index contributed by atoms with van der Waals surface area (Å²) in [4.78, 5) is 0. The lowest BCUT2D eigenvalue weighted by molar-refractivity contribution is 0.271. The van der Waals surface area contributed by atoms with E-state index in [9.17, 15) is 0 Å². The molecule has 0 radical (unpaired) electrons. The fraction of sp³-hybridized carbons (Fsp3) is 0.600. The summed E-state index contributed by atoms with van der Waals surface area (Å²) >= 11 is 0. The van der Waals surface area contributed by atoms with Crippen LogP contribution < -0.4 is 10.1 Å². The summed E-state index contributed by atoms with van der Waals surface area (Å²) in [6, 6.07) is 9.05. The van der Waals surface area contributed by atoms with Gasteiger partial charge >= 0.3 is 0 Å². The standard InChI is InChI=1S/C15H21NO/c1-2-6-12(7-3-1)15-13-8-4-5-9-14(13)17-11-10-16-15/h4-5,8-9,12,15-16H,1-3,6-7,10-11H2. The molecule has 1 aromatic rings. The average molecular weight is 231 g/mol. The zero-order valence-electron chi connectivity index (χ0n) is 10.3. The highest BCUT2D eigenvalue weighted by Gasteiger charge is 2.28. The van der Waals surface area contributed by atoms with Crippen molar-refractivity contribution in [3.8, 4) is 5.75 Å². The molecule has 3 rings (SSSR count). The molecule has 1 saturated carbocycles. The minimum Gasteiger partial charge on any atom is -0.492 e. The van der Waals surface area contributed by atoms with E-state index in [4.69, 9.17) is 4.74 Å². The van der Waals surface area contributed by atoms with Gasteiger partial charge in [-0.2, -0.15) is 0 Å². The molecule has 1 aliphatic carbocycles. The summed E-state index contributed by atoms with van der Waals surface area (Å²) in [7, 11) is 0. The second kappa shape index (κ2) is 5.09. The molecule has 1 unspecified atom stereocenters. The normalized spacial score (nSPS) is 25.8. The first-order valence-corrected chi connectivity index (χ1v) is 6.90. The number of benzene rings is 1. The molecule has 1 atom stereocenters. The van der Waals surface area contributed by atoms with Gasteiger partial charge in [0.15, 0.2) is 0 Å². The Morgan fingerprint density at radius 2 is 1.88 bits per heavy atom. The third-order valence-electron chi connectivity index (χ3n) is 4.10. The van der Waals surface area contributed by atoms with Gasteiger partial charge in [0.05, 0.1) is 0 Å². The Bertz CT molecular complexity index is 371. The second-order valence-electron chi connectivity index (χ2n) is 5.22. The van der Waals surface area contributed by atoms with Crippen molar-refractivity contribution >= 4 is 0 Å². The molecule has 2 heteroatoms. The summed E-state index contributed by atoms with van der Waals surface area (Å²) < 4.78 is 5.81. The molecule has 0 amide bonds. The van der Waals surface area contributed by atoms with E-state index in [1.54, 1.807) is 0 Å². The molecule has 1 heterocycles. The van der Waals surface area contributed by atoms with E-state index >= 15 is 0 Å². The minimum atomic E-state index is 0.508. The van der Waals surface area contributed by atoms with Crippen LogP contribution in [0.15, 0.2) is 24.3 Å². The van der Waals surface area contributed by atoms with Gasteiger partial charge < -0.3 is 10.1 Å². The molecule has 0 saturated heterocycles. The molecule has 1 aromatic carbocycles. The van der Waals surface area contributed by atoms with Gasteiger partial charge in [-0.05, 0) is 24.8 Å². The first-order valence-electron chi connectivity index (χ1n) is 6.90. The van der Waals surface area contributed by atoms with Crippen LogP contribution in [0, 0.1) is 5.92 Å². The average Bonchev–Trinajstić information content (AvgIpc) is 2.62. The zero-order valence-corrected chi connectivity index (χ0v) is 10.3. The number of ether oxygens (including phenoxy) is 1. The van der Waals surface area contributed by atoms with Crippen molar-refractivity contribution in [2.45, 2.75) is 38.1 Å². The van der Waals surface area contributed by atoms with Gasteiger partial charge in [0.2, 0.25) is 0 Å². The van der Waals surface area contributed by atoms with Crippen LogP contribution in [0.25, 0.3) is 0 Å². The van der Waals surface area contributed by atoms with Crippen molar-refractivity contribution in [3.63, 3.8) is 0 Å². The van der Waals surface area contributed by atoms with Crippen LogP contribution in [-0.2, 0) is 0 Å². The molecule has 92 valence electrons. The van der Waals surface area contributed by atoms with Crippen LogP contribution in [-0.4, -0.2) is 13.2 Å². The van der Waals surface area contributed by atoms with Crippen molar-refractivity contribution < 1.29 is 4.74 Å². The number of nitrogens with one attached hydrogen (secondary N) is 1. The molecule has 2 nitrogen and oxygen atoms in total. The molecule has 1 aliphatic heterocycles. The molecule has 17 heavy (non-hydrogen) atoms. The van der Waals surface area contributed by atoms with Gasteiger partial charge in [-0.15, -0.1) is 0 Å². The Balaban J connectivity index is 1.88.